The van der Waals surface area contributed by atoms with Gasteiger partial charge >= 0.3 is 6.09 Å². The Morgan fingerprint density at radius 1 is 1.23 bits per heavy atom. The second kappa shape index (κ2) is 12.6. The average Bonchev–Trinajstić information content (AvgIpc) is 2.61. The number of nitrogens with two attached hydrogens (primary N) is 1. The molecule has 2 rings (SSSR count). The summed E-state index contributed by atoms with van der Waals surface area (Å²) in [5.41, 5.74) is 6.01. The van der Waals surface area contributed by atoms with Gasteiger partial charge in [-0.1, -0.05) is 6.42 Å². The molecule has 2 aliphatic rings. The smallest absolute Gasteiger partial charge is 0.409 e. The van der Waals surface area contributed by atoms with E-state index in [9.17, 15) is 4.79 Å². The van der Waals surface area contributed by atoms with Crippen LogP contribution in [0.4, 0.5) is 4.79 Å². The molecular weight excluding hydrogens is 445 g/mol. The van der Waals surface area contributed by atoms with Gasteiger partial charge < -0.3 is 25.6 Å². The molecule has 0 bridgehead atoms. The number of guanidine groups is 1. The van der Waals surface area contributed by atoms with Gasteiger partial charge in [0.25, 0.3) is 0 Å². The Kier molecular flexibility index (Phi) is 11.3. The lowest BCUT2D eigenvalue weighted by molar-refractivity contribution is 0.0963. The number of nitrogens with one attached hydrogen (secondary N) is 1. The summed E-state index contributed by atoms with van der Waals surface area (Å²) < 4.78 is 5.03. The normalized spacial score (nSPS) is 22.6. The Labute approximate surface area is 175 Å². The second-order valence-electron chi connectivity index (χ2n) is 7.11. The molecule has 0 aromatic carbocycles. The van der Waals surface area contributed by atoms with Crippen molar-refractivity contribution in [1.82, 2.24) is 15.1 Å². The highest BCUT2D eigenvalue weighted by molar-refractivity contribution is 14.0. The summed E-state index contributed by atoms with van der Waals surface area (Å²) in [6, 6.07) is 0.995. The standard InChI is InChI=1S/C18H35N5O2.HI/c1-3-25-18(24)23-13-8-16(9-14-23)21-17(19)20-10-6-12-22-11-5-4-7-15(22)2;/h15-16H,3-14H2,1-2H3,(H3,19,20,21);1H. The van der Waals surface area contributed by atoms with E-state index in [-0.39, 0.29) is 36.1 Å². The summed E-state index contributed by atoms with van der Waals surface area (Å²) in [4.78, 5) is 20.5. The molecule has 2 heterocycles. The van der Waals surface area contributed by atoms with Crippen LogP contribution in [0.5, 0.6) is 0 Å². The maximum Gasteiger partial charge on any atom is 0.409 e. The van der Waals surface area contributed by atoms with Gasteiger partial charge in [-0.2, -0.15) is 0 Å². The molecule has 1 atom stereocenters. The molecule has 0 aromatic heterocycles. The molecule has 7 nitrogen and oxygen atoms in total. The molecule has 1 unspecified atom stereocenters. The third-order valence-electron chi connectivity index (χ3n) is 5.20. The third-order valence-corrected chi connectivity index (χ3v) is 5.20. The first-order valence-corrected chi connectivity index (χ1v) is 9.82. The number of likely N-dealkylation sites (tertiary alicyclic amines) is 2. The number of halogens is 1. The number of ether oxygens (including phenoxy) is 1. The lowest BCUT2D eigenvalue weighted by Gasteiger charge is -2.33. The van der Waals surface area contributed by atoms with Crippen LogP contribution in [-0.2, 0) is 4.74 Å². The summed E-state index contributed by atoms with van der Waals surface area (Å²) >= 11 is 0. The number of hydrogen-bond acceptors (Lipinski definition) is 4. The minimum absolute atomic E-state index is 0. The molecule has 2 fully saturated rings. The van der Waals surface area contributed by atoms with Gasteiger partial charge in [-0.25, -0.2) is 4.79 Å². The molecular formula is C18H36IN5O2. The number of hydrogen-bond donors (Lipinski definition) is 2. The van der Waals surface area contributed by atoms with Crippen LogP contribution >= 0.6 is 24.0 Å². The average molecular weight is 481 g/mol. The zero-order valence-corrected chi connectivity index (χ0v) is 18.6. The highest BCUT2D eigenvalue weighted by Gasteiger charge is 2.23. The van der Waals surface area contributed by atoms with Crippen LogP contribution < -0.4 is 11.1 Å². The van der Waals surface area contributed by atoms with Crippen molar-refractivity contribution >= 4 is 36.0 Å². The van der Waals surface area contributed by atoms with Crippen LogP contribution in [0.2, 0.25) is 0 Å². The Hall–Kier alpha value is -0.770. The summed E-state index contributed by atoms with van der Waals surface area (Å²) in [5, 5.41) is 3.29. The van der Waals surface area contributed by atoms with Crippen molar-refractivity contribution in [3.8, 4) is 0 Å². The fourth-order valence-corrected chi connectivity index (χ4v) is 3.64. The van der Waals surface area contributed by atoms with E-state index in [1.807, 2.05) is 6.92 Å². The predicted molar refractivity (Wildman–Crippen MR) is 116 cm³/mol. The van der Waals surface area contributed by atoms with E-state index in [4.69, 9.17) is 10.5 Å². The molecule has 1 amide bonds. The van der Waals surface area contributed by atoms with Crippen molar-refractivity contribution in [2.24, 2.45) is 10.7 Å². The molecule has 152 valence electrons. The highest BCUT2D eigenvalue weighted by atomic mass is 127. The van der Waals surface area contributed by atoms with Crippen molar-refractivity contribution < 1.29 is 9.53 Å². The molecule has 0 saturated carbocycles. The summed E-state index contributed by atoms with van der Waals surface area (Å²) in [6.07, 6.45) is 6.59. The number of aliphatic imine (C=N–C) groups is 1. The number of carbonyl (C=O) groups is 1. The zero-order chi connectivity index (χ0) is 18.1. The predicted octanol–water partition coefficient (Wildman–Crippen LogP) is 2.39. The minimum Gasteiger partial charge on any atom is -0.450 e. The van der Waals surface area contributed by atoms with E-state index in [0.717, 1.165) is 32.4 Å². The fraction of sp³-hybridized carbons (Fsp3) is 0.889. The second-order valence-corrected chi connectivity index (χ2v) is 7.11. The number of piperidine rings is 2. The van der Waals surface area contributed by atoms with Gasteiger partial charge in [-0.3, -0.25) is 4.99 Å². The first kappa shape index (κ1) is 23.3. The highest BCUT2D eigenvalue weighted by Crippen LogP contribution is 2.16. The molecule has 0 aliphatic carbocycles. The van der Waals surface area contributed by atoms with E-state index in [2.05, 4.69) is 22.1 Å². The van der Waals surface area contributed by atoms with Gasteiger partial charge in [0.05, 0.1) is 6.61 Å². The maximum atomic E-state index is 11.7. The van der Waals surface area contributed by atoms with Gasteiger partial charge in [-0.05, 0) is 52.5 Å². The van der Waals surface area contributed by atoms with Crippen LogP contribution in [0.3, 0.4) is 0 Å². The molecule has 8 heteroatoms. The number of amides is 1. The topological polar surface area (TPSA) is 83.2 Å². The first-order valence-electron chi connectivity index (χ1n) is 9.82. The van der Waals surface area contributed by atoms with Crippen molar-refractivity contribution in [3.63, 3.8) is 0 Å². The molecule has 26 heavy (non-hydrogen) atoms. The maximum absolute atomic E-state index is 11.7. The van der Waals surface area contributed by atoms with Crippen molar-refractivity contribution in [2.45, 2.75) is 64.5 Å². The summed E-state index contributed by atoms with van der Waals surface area (Å²) in [7, 11) is 0. The van der Waals surface area contributed by atoms with E-state index in [1.54, 1.807) is 4.90 Å². The van der Waals surface area contributed by atoms with Crippen LogP contribution in [0.25, 0.3) is 0 Å². The molecule has 2 saturated heterocycles. The lowest BCUT2D eigenvalue weighted by Crippen LogP contribution is -2.48. The van der Waals surface area contributed by atoms with Crippen molar-refractivity contribution in [3.05, 3.63) is 0 Å². The van der Waals surface area contributed by atoms with Gasteiger partial charge in [-0.15, -0.1) is 24.0 Å². The van der Waals surface area contributed by atoms with Crippen molar-refractivity contribution in [2.75, 3.05) is 39.3 Å². The molecule has 3 N–H and O–H groups in total. The lowest BCUT2D eigenvalue weighted by atomic mass is 10.0. The van der Waals surface area contributed by atoms with Gasteiger partial charge in [0.2, 0.25) is 0 Å². The van der Waals surface area contributed by atoms with Crippen LogP contribution in [-0.4, -0.2) is 73.3 Å². The van der Waals surface area contributed by atoms with Gasteiger partial charge in [0.1, 0.15) is 0 Å². The van der Waals surface area contributed by atoms with Crippen LogP contribution in [0, 0.1) is 0 Å². The van der Waals surface area contributed by atoms with Gasteiger partial charge in [0.15, 0.2) is 5.96 Å². The Morgan fingerprint density at radius 2 is 1.96 bits per heavy atom. The number of carbonyl (C=O) groups excluding carboxylic acids is 1. The monoisotopic (exact) mass is 481 g/mol. The van der Waals surface area contributed by atoms with Crippen LogP contribution in [0.15, 0.2) is 4.99 Å². The molecule has 0 radical (unpaired) electrons. The molecule has 0 aromatic rings. The van der Waals surface area contributed by atoms with E-state index >= 15 is 0 Å². The summed E-state index contributed by atoms with van der Waals surface area (Å²) in [6.45, 7) is 9.08. The quantitative estimate of drug-likeness (QED) is 0.264. The summed E-state index contributed by atoms with van der Waals surface area (Å²) in [5.74, 6) is 0.529. The van der Waals surface area contributed by atoms with E-state index in [0.29, 0.717) is 31.7 Å². The first-order chi connectivity index (χ1) is 12.1. The Morgan fingerprint density at radius 3 is 2.62 bits per heavy atom. The molecule has 0 spiro atoms. The SMILES string of the molecule is CCOC(=O)N1CCC(NC(N)=NCCCN2CCCCC2C)CC1.I. The Bertz CT molecular complexity index is 441. The minimum atomic E-state index is -0.213. The third kappa shape index (κ3) is 7.85. The van der Waals surface area contributed by atoms with Crippen molar-refractivity contribution in [1.29, 1.82) is 0 Å². The van der Waals surface area contributed by atoms with Crippen LogP contribution in [0.1, 0.15) is 52.4 Å². The van der Waals surface area contributed by atoms with Gasteiger partial charge in [0, 0.05) is 38.3 Å². The number of nitrogens with zero attached hydrogens (tertiary/aromatic N) is 3. The zero-order valence-electron chi connectivity index (χ0n) is 16.3. The number of rotatable bonds is 6. The Balaban J connectivity index is 0.00000338. The molecule has 2 aliphatic heterocycles. The van der Waals surface area contributed by atoms with E-state index < -0.39 is 0 Å². The van der Waals surface area contributed by atoms with E-state index in [1.165, 1.54) is 25.8 Å². The largest absolute Gasteiger partial charge is 0.450 e. The fourth-order valence-electron chi connectivity index (χ4n) is 3.64.